The Morgan fingerprint density at radius 2 is 1.90 bits per heavy atom. The zero-order chi connectivity index (χ0) is 27.8. The number of ether oxygens (including phenoxy) is 1. The summed E-state index contributed by atoms with van der Waals surface area (Å²) in [6.45, 7) is 4.74. The summed E-state index contributed by atoms with van der Waals surface area (Å²) in [6.07, 6.45) is 5.93. The molecule has 3 heterocycles. The molecular weight excluding hydrogens is 514 g/mol. The van der Waals surface area contributed by atoms with E-state index in [-0.39, 0.29) is 23.6 Å². The van der Waals surface area contributed by atoms with Gasteiger partial charge >= 0.3 is 0 Å². The zero-order valence-corrected chi connectivity index (χ0v) is 22.6. The van der Waals surface area contributed by atoms with Crippen molar-refractivity contribution in [1.29, 1.82) is 0 Å². The minimum Gasteiger partial charge on any atom is -0.434 e. The summed E-state index contributed by atoms with van der Waals surface area (Å²) in [6, 6.07) is 11.3. The van der Waals surface area contributed by atoms with Crippen molar-refractivity contribution in [2.75, 3.05) is 32.0 Å². The number of imidazole rings is 1. The molecule has 1 saturated heterocycles. The quantitative estimate of drug-likeness (QED) is 0.307. The summed E-state index contributed by atoms with van der Waals surface area (Å²) in [5, 5.41) is 11.1. The molecule has 0 unspecified atom stereocenters. The summed E-state index contributed by atoms with van der Waals surface area (Å²) < 4.78 is 35.7. The van der Waals surface area contributed by atoms with E-state index < -0.39 is 11.6 Å². The fourth-order valence-corrected chi connectivity index (χ4v) is 5.09. The first-order chi connectivity index (χ1) is 19.4. The van der Waals surface area contributed by atoms with Crippen molar-refractivity contribution in [1.82, 2.24) is 24.8 Å². The molecular formula is C30H32F2N6O2. The highest BCUT2D eigenvalue weighted by Crippen LogP contribution is 2.32. The topological polar surface area (TPSA) is 83.8 Å². The second kappa shape index (κ2) is 10.8. The van der Waals surface area contributed by atoms with Crippen LogP contribution in [0.5, 0.6) is 11.6 Å². The largest absolute Gasteiger partial charge is 0.434 e. The number of nitrogens with zero attached hydrogens (tertiary/aromatic N) is 4. The highest BCUT2D eigenvalue weighted by atomic mass is 19.2. The fourth-order valence-electron chi connectivity index (χ4n) is 5.09. The van der Waals surface area contributed by atoms with E-state index in [1.54, 1.807) is 16.8 Å². The molecule has 0 spiro atoms. The summed E-state index contributed by atoms with van der Waals surface area (Å²) in [4.78, 5) is 19.6. The van der Waals surface area contributed by atoms with Crippen LogP contribution in [0.2, 0.25) is 0 Å². The second-order valence-electron chi connectivity index (χ2n) is 10.8. The fraction of sp³-hybridized carbons (Fsp3) is 0.367. The van der Waals surface area contributed by atoms with Gasteiger partial charge in [-0.25, -0.2) is 13.9 Å². The average molecular weight is 547 g/mol. The normalized spacial score (nSPS) is 16.3. The van der Waals surface area contributed by atoms with Crippen LogP contribution in [0.25, 0.3) is 16.9 Å². The molecule has 2 N–H and O–H groups in total. The summed E-state index contributed by atoms with van der Waals surface area (Å²) >= 11 is 0. The van der Waals surface area contributed by atoms with E-state index >= 15 is 0 Å². The number of rotatable bonds is 8. The van der Waals surface area contributed by atoms with Gasteiger partial charge < -0.3 is 20.3 Å². The molecule has 0 atom stereocenters. The van der Waals surface area contributed by atoms with Gasteiger partial charge in [0.1, 0.15) is 0 Å². The molecule has 6 rings (SSSR count). The number of likely N-dealkylation sites (tertiary alicyclic amines) is 1. The van der Waals surface area contributed by atoms with E-state index in [0.717, 1.165) is 62.5 Å². The highest BCUT2D eigenvalue weighted by molar-refractivity contribution is 5.96. The molecule has 1 saturated carbocycles. The van der Waals surface area contributed by atoms with Gasteiger partial charge in [-0.05, 0) is 88.5 Å². The lowest BCUT2D eigenvalue weighted by molar-refractivity contribution is 0.0950. The molecule has 208 valence electrons. The van der Waals surface area contributed by atoms with E-state index in [1.807, 2.05) is 25.1 Å². The molecule has 1 aliphatic heterocycles. The van der Waals surface area contributed by atoms with Crippen molar-refractivity contribution in [2.24, 2.45) is 5.92 Å². The monoisotopic (exact) mass is 546 g/mol. The minimum atomic E-state index is -1.08. The van der Waals surface area contributed by atoms with Crippen LogP contribution < -0.4 is 15.4 Å². The SMILES string of the molecule is Cc1cc(-c2cnc3c(NCC4CCN(C)CC4)cc(Oc4cccc(F)c4F)nn23)ccc1C(=O)NC1CC1. The van der Waals surface area contributed by atoms with Crippen LogP contribution in [-0.4, -0.2) is 58.1 Å². The van der Waals surface area contributed by atoms with Gasteiger partial charge in [0.2, 0.25) is 11.7 Å². The van der Waals surface area contributed by atoms with Gasteiger partial charge in [0.25, 0.3) is 5.91 Å². The number of carbonyl (C=O) groups excluding carboxylic acids is 1. The lowest BCUT2D eigenvalue weighted by Crippen LogP contribution is -2.33. The number of nitrogens with one attached hydrogen (secondary N) is 2. The third-order valence-corrected chi connectivity index (χ3v) is 7.67. The molecule has 10 heteroatoms. The number of fused-ring (bicyclic) bond motifs is 1. The van der Waals surface area contributed by atoms with Gasteiger partial charge in [-0.3, -0.25) is 4.79 Å². The first-order valence-electron chi connectivity index (χ1n) is 13.7. The summed E-state index contributed by atoms with van der Waals surface area (Å²) in [5.41, 5.74) is 4.23. The Morgan fingerprint density at radius 1 is 1.10 bits per heavy atom. The van der Waals surface area contributed by atoms with E-state index in [0.29, 0.717) is 28.5 Å². The molecule has 1 amide bonds. The first-order valence-corrected chi connectivity index (χ1v) is 13.7. The Morgan fingerprint density at radius 3 is 2.65 bits per heavy atom. The molecule has 8 nitrogen and oxygen atoms in total. The zero-order valence-electron chi connectivity index (χ0n) is 22.6. The van der Waals surface area contributed by atoms with Crippen LogP contribution >= 0.6 is 0 Å². The molecule has 2 fully saturated rings. The number of piperidine rings is 1. The number of carbonyl (C=O) groups is 1. The number of benzene rings is 2. The van der Waals surface area contributed by atoms with Crippen molar-refractivity contribution in [3.8, 4) is 22.9 Å². The number of hydrogen-bond donors (Lipinski definition) is 2. The molecule has 2 aromatic heterocycles. The van der Waals surface area contributed by atoms with E-state index in [9.17, 15) is 13.6 Å². The summed E-state index contributed by atoms with van der Waals surface area (Å²) in [7, 11) is 2.13. The van der Waals surface area contributed by atoms with E-state index in [1.165, 1.54) is 12.1 Å². The minimum absolute atomic E-state index is 0.0731. The van der Waals surface area contributed by atoms with E-state index in [2.05, 4.69) is 32.7 Å². The van der Waals surface area contributed by atoms with Crippen molar-refractivity contribution in [3.05, 3.63) is 71.4 Å². The molecule has 0 radical (unpaired) electrons. The Hall–Kier alpha value is -4.05. The van der Waals surface area contributed by atoms with Gasteiger partial charge in [0.05, 0.1) is 17.6 Å². The Balaban J connectivity index is 1.35. The number of halogens is 2. The maximum atomic E-state index is 14.4. The van der Waals surface area contributed by atoms with Gasteiger partial charge in [0, 0.05) is 29.8 Å². The number of anilines is 1. The molecule has 2 aliphatic rings. The van der Waals surface area contributed by atoms with Gasteiger partial charge in [-0.15, -0.1) is 5.10 Å². The first kappa shape index (κ1) is 26.2. The molecule has 1 aliphatic carbocycles. The molecule has 0 bridgehead atoms. The van der Waals surface area contributed by atoms with Crippen LogP contribution in [0.4, 0.5) is 14.5 Å². The molecule has 40 heavy (non-hydrogen) atoms. The molecule has 4 aromatic rings. The summed E-state index contributed by atoms with van der Waals surface area (Å²) in [5.74, 6) is -1.80. The average Bonchev–Trinajstić information content (AvgIpc) is 3.65. The van der Waals surface area contributed by atoms with Crippen molar-refractivity contribution >= 4 is 17.2 Å². The maximum Gasteiger partial charge on any atom is 0.251 e. The lowest BCUT2D eigenvalue weighted by atomic mass is 9.97. The van der Waals surface area contributed by atoms with Crippen LogP contribution in [0.15, 0.2) is 48.7 Å². The van der Waals surface area contributed by atoms with Crippen LogP contribution in [0.1, 0.15) is 41.6 Å². The van der Waals surface area contributed by atoms with E-state index in [4.69, 9.17) is 4.74 Å². The van der Waals surface area contributed by atoms with Crippen molar-refractivity contribution < 1.29 is 18.3 Å². The standard InChI is InChI=1S/C30H32F2N6O2/c1-18-14-20(6-9-22(18)30(39)35-21-7-8-21)25-17-34-29-24(33-16-19-10-12-37(2)13-11-19)15-27(36-38(25)29)40-26-5-3-4-23(31)28(26)32/h3-6,9,14-15,17,19,21,33H,7-8,10-13,16H2,1-2H3,(H,35,39). The Kier molecular flexibility index (Phi) is 7.10. The number of aromatic nitrogens is 3. The van der Waals surface area contributed by atoms with Crippen molar-refractivity contribution in [3.63, 3.8) is 0 Å². The predicted molar refractivity (Wildman–Crippen MR) is 149 cm³/mol. The Labute approximate surface area is 231 Å². The smallest absolute Gasteiger partial charge is 0.251 e. The maximum absolute atomic E-state index is 14.4. The van der Waals surface area contributed by atoms with Gasteiger partial charge in [-0.2, -0.15) is 4.39 Å². The predicted octanol–water partition coefficient (Wildman–Crippen LogP) is 5.42. The number of aryl methyl sites for hydroxylation is 1. The van der Waals surface area contributed by atoms with Crippen LogP contribution in [0.3, 0.4) is 0 Å². The van der Waals surface area contributed by atoms with Crippen LogP contribution in [0, 0.1) is 24.5 Å². The van der Waals surface area contributed by atoms with Crippen molar-refractivity contribution in [2.45, 2.75) is 38.6 Å². The third kappa shape index (κ3) is 5.49. The molecule has 2 aromatic carbocycles. The van der Waals surface area contributed by atoms with Crippen LogP contribution in [-0.2, 0) is 0 Å². The Bertz CT molecular complexity index is 1560. The lowest BCUT2D eigenvalue weighted by Gasteiger charge is -2.29. The second-order valence-corrected chi connectivity index (χ2v) is 10.8. The number of hydrogen-bond acceptors (Lipinski definition) is 6. The highest BCUT2D eigenvalue weighted by Gasteiger charge is 2.25. The van der Waals surface area contributed by atoms with Gasteiger partial charge in [0.15, 0.2) is 17.2 Å². The third-order valence-electron chi connectivity index (χ3n) is 7.67. The number of amides is 1. The van der Waals surface area contributed by atoms with Gasteiger partial charge in [-0.1, -0.05) is 12.1 Å².